The highest BCUT2D eigenvalue weighted by atomic mass is 16.6. The van der Waals surface area contributed by atoms with Crippen molar-refractivity contribution in [3.05, 3.63) is 144 Å². The SMILES string of the molecule is CCCCCCCCCCCCCC[C@@H](O)[C@@H](O)[C@H](CO[C@@H]1CC(C)[C@H](OCc2ccccc2)[C@H](OCc2ccccc2)C1OCc1ccccc1)NCc1ccccc1. The van der Waals surface area contributed by atoms with Gasteiger partial charge in [-0.25, -0.2) is 0 Å². The van der Waals surface area contributed by atoms with Crippen LogP contribution < -0.4 is 5.32 Å². The van der Waals surface area contributed by atoms with Crippen molar-refractivity contribution in [2.45, 2.75) is 173 Å². The van der Waals surface area contributed by atoms with Gasteiger partial charge >= 0.3 is 0 Å². The Morgan fingerprint density at radius 2 is 0.933 bits per heavy atom. The van der Waals surface area contributed by atoms with Gasteiger partial charge in [-0.05, 0) is 41.0 Å². The molecule has 4 aromatic rings. The minimum absolute atomic E-state index is 0.0908. The van der Waals surface area contributed by atoms with Crippen LogP contribution in [0.3, 0.4) is 0 Å². The van der Waals surface area contributed by atoms with E-state index in [4.69, 9.17) is 18.9 Å². The van der Waals surface area contributed by atoms with Crippen molar-refractivity contribution in [1.29, 1.82) is 0 Å². The third kappa shape index (κ3) is 17.2. The summed E-state index contributed by atoms with van der Waals surface area (Å²) in [7, 11) is 0. The lowest BCUT2D eigenvalue weighted by atomic mass is 9.81. The molecule has 0 aromatic heterocycles. The number of ether oxygens (including phenoxy) is 4. The maximum absolute atomic E-state index is 11.7. The van der Waals surface area contributed by atoms with Gasteiger partial charge < -0.3 is 34.5 Å². The average molecular weight is 822 g/mol. The van der Waals surface area contributed by atoms with E-state index in [1.165, 1.54) is 64.2 Å². The predicted molar refractivity (Wildman–Crippen MR) is 243 cm³/mol. The summed E-state index contributed by atoms with van der Waals surface area (Å²) in [6, 6.07) is 40.4. The van der Waals surface area contributed by atoms with Gasteiger partial charge in [-0.15, -0.1) is 0 Å². The Balaban J connectivity index is 1.25. The summed E-state index contributed by atoms with van der Waals surface area (Å²) < 4.78 is 27.3. The van der Waals surface area contributed by atoms with E-state index in [9.17, 15) is 10.2 Å². The third-order valence-corrected chi connectivity index (χ3v) is 12.1. The third-order valence-electron chi connectivity index (χ3n) is 12.1. The fraction of sp³-hybridized carbons (Fsp3) is 0.547. The van der Waals surface area contributed by atoms with Gasteiger partial charge in [0.25, 0.3) is 0 Å². The largest absolute Gasteiger partial charge is 0.390 e. The Hall–Kier alpha value is -3.40. The summed E-state index contributed by atoms with van der Waals surface area (Å²) >= 11 is 0. The lowest BCUT2D eigenvalue weighted by Gasteiger charge is -2.45. The minimum atomic E-state index is -1.00. The molecule has 1 aliphatic rings. The zero-order valence-corrected chi connectivity index (χ0v) is 36.6. The Bertz CT molecular complexity index is 1630. The average Bonchev–Trinajstić information content (AvgIpc) is 3.29. The van der Waals surface area contributed by atoms with Crippen molar-refractivity contribution in [2.75, 3.05) is 6.61 Å². The zero-order valence-electron chi connectivity index (χ0n) is 36.6. The van der Waals surface area contributed by atoms with Gasteiger partial charge in [0.15, 0.2) is 0 Å². The quantitative estimate of drug-likeness (QED) is 0.0451. The van der Waals surface area contributed by atoms with Gasteiger partial charge in [0, 0.05) is 6.54 Å². The fourth-order valence-corrected chi connectivity index (χ4v) is 8.45. The monoisotopic (exact) mass is 822 g/mol. The van der Waals surface area contributed by atoms with Crippen LogP contribution in [0.5, 0.6) is 0 Å². The van der Waals surface area contributed by atoms with Crippen LogP contribution in [-0.2, 0) is 45.3 Å². The number of aliphatic hydroxyl groups excluding tert-OH is 2. The van der Waals surface area contributed by atoms with Crippen LogP contribution in [0.4, 0.5) is 0 Å². The highest BCUT2D eigenvalue weighted by molar-refractivity contribution is 5.17. The van der Waals surface area contributed by atoms with E-state index in [2.05, 4.69) is 67.7 Å². The number of rotatable bonds is 30. The van der Waals surface area contributed by atoms with Crippen molar-refractivity contribution in [3.8, 4) is 0 Å². The van der Waals surface area contributed by atoms with Crippen LogP contribution in [0.15, 0.2) is 121 Å². The van der Waals surface area contributed by atoms with Crippen LogP contribution >= 0.6 is 0 Å². The standard InChI is InChI=1S/C53H75NO6/c1-3-4-5-6-7-8-9-10-11-12-13-26-35-48(55)50(56)47(54-37-43-27-18-14-19-28-43)41-57-49-36-42(2)51(58-38-44-29-20-15-21-30-44)53(60-40-46-33-24-17-25-34-46)52(49)59-39-45-31-22-16-23-32-45/h14-25,27-34,42,47-56H,3-13,26,35-41H2,1-2H3/t42?,47-,48+,49+,50-,51-,52?,53-/m0/s1. The molecule has 1 aliphatic carbocycles. The van der Waals surface area contributed by atoms with Crippen LogP contribution in [-0.4, -0.2) is 59.5 Å². The Labute approximate surface area is 362 Å². The van der Waals surface area contributed by atoms with Crippen molar-refractivity contribution >= 4 is 0 Å². The van der Waals surface area contributed by atoms with Crippen LogP contribution in [0, 0.1) is 5.92 Å². The van der Waals surface area contributed by atoms with Crippen molar-refractivity contribution in [3.63, 3.8) is 0 Å². The second-order valence-electron chi connectivity index (χ2n) is 17.1. The van der Waals surface area contributed by atoms with E-state index in [1.807, 2.05) is 72.8 Å². The van der Waals surface area contributed by atoms with Gasteiger partial charge in [0.2, 0.25) is 0 Å². The van der Waals surface area contributed by atoms with E-state index in [0.717, 1.165) is 35.1 Å². The molecule has 4 aromatic carbocycles. The van der Waals surface area contributed by atoms with E-state index in [0.29, 0.717) is 39.2 Å². The first kappa shape index (κ1) is 47.6. The van der Waals surface area contributed by atoms with Crippen molar-refractivity contribution < 1.29 is 29.2 Å². The van der Waals surface area contributed by atoms with Crippen LogP contribution in [0.25, 0.3) is 0 Å². The Morgan fingerprint density at radius 3 is 1.42 bits per heavy atom. The van der Waals surface area contributed by atoms with E-state index < -0.39 is 30.5 Å². The molecule has 5 rings (SSSR count). The first-order chi connectivity index (χ1) is 29.5. The minimum Gasteiger partial charge on any atom is -0.390 e. The first-order valence-corrected chi connectivity index (χ1v) is 23.2. The number of unbranched alkanes of at least 4 members (excludes halogenated alkanes) is 11. The topological polar surface area (TPSA) is 89.4 Å². The van der Waals surface area contributed by atoms with Crippen molar-refractivity contribution in [2.24, 2.45) is 5.92 Å². The van der Waals surface area contributed by atoms with Gasteiger partial charge in [-0.1, -0.05) is 212 Å². The molecule has 1 saturated carbocycles. The highest BCUT2D eigenvalue weighted by Crippen LogP contribution is 2.35. The van der Waals surface area contributed by atoms with E-state index in [1.54, 1.807) is 0 Å². The molecule has 0 amide bonds. The predicted octanol–water partition coefficient (Wildman–Crippen LogP) is 11.1. The molecule has 0 spiro atoms. The summed E-state index contributed by atoms with van der Waals surface area (Å²) in [6.07, 6.45) is 13.0. The molecule has 7 nitrogen and oxygen atoms in total. The lowest BCUT2D eigenvalue weighted by molar-refractivity contribution is -0.227. The molecule has 0 aliphatic heterocycles. The second-order valence-corrected chi connectivity index (χ2v) is 17.1. The number of hydrogen-bond acceptors (Lipinski definition) is 7. The molecule has 8 atom stereocenters. The normalized spacial score (nSPS) is 20.8. The summed E-state index contributed by atoms with van der Waals surface area (Å²) in [5.74, 6) is 0.0908. The molecule has 328 valence electrons. The second kappa shape index (κ2) is 28.2. The van der Waals surface area contributed by atoms with E-state index in [-0.39, 0.29) is 24.7 Å². The van der Waals surface area contributed by atoms with E-state index >= 15 is 0 Å². The molecule has 2 unspecified atom stereocenters. The van der Waals surface area contributed by atoms with Crippen LogP contribution in [0.2, 0.25) is 0 Å². The zero-order chi connectivity index (χ0) is 42.0. The maximum atomic E-state index is 11.7. The summed E-state index contributed by atoms with van der Waals surface area (Å²) in [6.45, 7) is 6.49. The van der Waals surface area contributed by atoms with Gasteiger partial charge in [0.1, 0.15) is 12.2 Å². The molecule has 0 heterocycles. The Kier molecular flexibility index (Phi) is 22.4. The van der Waals surface area contributed by atoms with Gasteiger partial charge in [0.05, 0.1) is 56.9 Å². The molecule has 1 fully saturated rings. The highest BCUT2D eigenvalue weighted by Gasteiger charge is 2.46. The first-order valence-electron chi connectivity index (χ1n) is 23.2. The number of hydrogen-bond donors (Lipinski definition) is 3. The fourth-order valence-electron chi connectivity index (χ4n) is 8.45. The maximum Gasteiger partial charge on any atom is 0.113 e. The summed E-state index contributed by atoms with van der Waals surface area (Å²) in [5.41, 5.74) is 4.35. The van der Waals surface area contributed by atoms with Crippen LogP contribution in [0.1, 0.15) is 126 Å². The number of benzene rings is 4. The molecule has 60 heavy (non-hydrogen) atoms. The summed E-state index contributed by atoms with van der Waals surface area (Å²) in [4.78, 5) is 0. The lowest BCUT2D eigenvalue weighted by Crippen LogP contribution is -2.58. The molecule has 0 bridgehead atoms. The molecular weight excluding hydrogens is 747 g/mol. The molecule has 0 saturated heterocycles. The molecular formula is C53H75NO6. The smallest absolute Gasteiger partial charge is 0.113 e. The number of aliphatic hydroxyl groups is 2. The molecule has 7 heteroatoms. The molecule has 3 N–H and O–H groups in total. The van der Waals surface area contributed by atoms with Crippen molar-refractivity contribution in [1.82, 2.24) is 5.32 Å². The van der Waals surface area contributed by atoms with Gasteiger partial charge in [-0.2, -0.15) is 0 Å². The molecule has 0 radical (unpaired) electrons. The Morgan fingerprint density at radius 1 is 0.517 bits per heavy atom. The number of nitrogens with one attached hydrogen (secondary N) is 1. The summed E-state index contributed by atoms with van der Waals surface area (Å²) in [5, 5.41) is 26.7. The van der Waals surface area contributed by atoms with Gasteiger partial charge in [-0.3, -0.25) is 0 Å².